The molecular formula is C21H19ClF3N5O2. The lowest BCUT2D eigenvalue weighted by Gasteiger charge is -2.13. The number of aromatic nitrogens is 3. The molecule has 0 radical (unpaired) electrons. The Bertz CT molecular complexity index is 1150. The van der Waals surface area contributed by atoms with Crippen molar-refractivity contribution in [2.45, 2.75) is 32.5 Å². The van der Waals surface area contributed by atoms with Gasteiger partial charge in [0.1, 0.15) is 29.0 Å². The van der Waals surface area contributed by atoms with Crippen molar-refractivity contribution in [2.24, 2.45) is 0 Å². The van der Waals surface area contributed by atoms with Gasteiger partial charge in [0.15, 0.2) is 5.15 Å². The third-order valence-corrected chi connectivity index (χ3v) is 4.87. The molecule has 0 aliphatic carbocycles. The second-order valence-electron chi connectivity index (χ2n) is 6.84. The number of carbonyl (C=O) groups excluding carboxylic acids is 1. The second-order valence-corrected chi connectivity index (χ2v) is 7.20. The van der Waals surface area contributed by atoms with Crippen LogP contribution in [0.4, 0.5) is 18.9 Å². The fourth-order valence-electron chi connectivity index (χ4n) is 3.25. The van der Waals surface area contributed by atoms with Crippen LogP contribution in [0.1, 0.15) is 25.3 Å². The van der Waals surface area contributed by atoms with Crippen LogP contribution in [0.2, 0.25) is 5.15 Å². The van der Waals surface area contributed by atoms with Crippen molar-refractivity contribution in [3.05, 3.63) is 41.3 Å². The molecule has 0 unspecified atom stereocenters. The van der Waals surface area contributed by atoms with Crippen LogP contribution in [0.3, 0.4) is 0 Å². The molecule has 168 valence electrons. The summed E-state index contributed by atoms with van der Waals surface area (Å²) in [6.45, 7) is 3.60. The number of aryl methyl sites for hydroxylation is 1. The summed E-state index contributed by atoms with van der Waals surface area (Å²) in [6.07, 6.45) is -2.20. The van der Waals surface area contributed by atoms with Crippen molar-refractivity contribution in [2.75, 3.05) is 18.5 Å². The maximum Gasteiger partial charge on any atom is 0.471 e. The van der Waals surface area contributed by atoms with E-state index in [0.29, 0.717) is 48.5 Å². The maximum atomic E-state index is 12.5. The molecule has 32 heavy (non-hydrogen) atoms. The largest absolute Gasteiger partial charge is 0.471 e. The molecule has 0 bridgehead atoms. The number of anilines is 1. The first-order chi connectivity index (χ1) is 15.3. The molecule has 1 aromatic carbocycles. The third kappa shape index (κ3) is 5.00. The number of halogens is 4. The summed E-state index contributed by atoms with van der Waals surface area (Å²) >= 11 is 6.31. The van der Waals surface area contributed by atoms with Gasteiger partial charge in [-0.1, -0.05) is 30.7 Å². The standard InChI is InChI=1S/C21H19ClF3N5O2/c1-2-9-32-10-3-8-30-17(15(11-26)16-18(30)19(22)28-12-27-16)13-4-6-14(7-5-13)29-20(31)21(23,24)25/h4-7,12H,2-3,8-10H2,1H3,(H,29,31). The van der Waals surface area contributed by atoms with Gasteiger partial charge in [-0.05, 0) is 30.5 Å². The van der Waals surface area contributed by atoms with Gasteiger partial charge in [0.05, 0.1) is 5.69 Å². The van der Waals surface area contributed by atoms with Crippen LogP contribution in [0, 0.1) is 11.3 Å². The number of nitriles is 1. The number of rotatable bonds is 8. The zero-order valence-electron chi connectivity index (χ0n) is 17.0. The Labute approximate surface area is 186 Å². The Kier molecular flexibility index (Phi) is 7.33. The van der Waals surface area contributed by atoms with Crippen LogP contribution in [0.25, 0.3) is 22.3 Å². The number of hydrogen-bond acceptors (Lipinski definition) is 5. The van der Waals surface area contributed by atoms with Crippen molar-refractivity contribution in [1.82, 2.24) is 14.5 Å². The third-order valence-electron chi connectivity index (χ3n) is 4.60. The first-order valence-electron chi connectivity index (χ1n) is 9.77. The van der Waals surface area contributed by atoms with Crippen molar-refractivity contribution < 1.29 is 22.7 Å². The van der Waals surface area contributed by atoms with E-state index in [-0.39, 0.29) is 16.4 Å². The first-order valence-corrected chi connectivity index (χ1v) is 10.1. The van der Waals surface area contributed by atoms with Gasteiger partial charge in [-0.15, -0.1) is 0 Å². The average Bonchev–Trinajstić information content (AvgIpc) is 3.08. The molecule has 7 nitrogen and oxygen atoms in total. The van der Waals surface area contributed by atoms with E-state index >= 15 is 0 Å². The summed E-state index contributed by atoms with van der Waals surface area (Å²) in [4.78, 5) is 19.4. The lowest BCUT2D eigenvalue weighted by atomic mass is 10.1. The van der Waals surface area contributed by atoms with Crippen LogP contribution < -0.4 is 5.32 Å². The normalized spacial score (nSPS) is 11.5. The lowest BCUT2D eigenvalue weighted by molar-refractivity contribution is -0.167. The average molecular weight is 466 g/mol. The highest BCUT2D eigenvalue weighted by atomic mass is 35.5. The van der Waals surface area contributed by atoms with Crippen LogP contribution in [-0.2, 0) is 16.1 Å². The van der Waals surface area contributed by atoms with Crippen LogP contribution >= 0.6 is 11.6 Å². The Morgan fingerprint density at radius 1 is 1.25 bits per heavy atom. The molecule has 3 aromatic rings. The Morgan fingerprint density at radius 3 is 2.59 bits per heavy atom. The number of nitrogens with one attached hydrogen (secondary N) is 1. The fraction of sp³-hybridized carbons (Fsp3) is 0.333. The summed E-state index contributed by atoms with van der Waals surface area (Å²) in [7, 11) is 0. The van der Waals surface area contributed by atoms with E-state index < -0.39 is 12.1 Å². The molecule has 0 atom stereocenters. The summed E-state index contributed by atoms with van der Waals surface area (Å²) < 4.78 is 44.8. The number of nitrogens with zero attached hydrogens (tertiary/aromatic N) is 4. The van der Waals surface area contributed by atoms with E-state index in [1.54, 1.807) is 5.32 Å². The molecule has 3 rings (SSSR count). The number of benzene rings is 1. The van der Waals surface area contributed by atoms with Gasteiger partial charge in [-0.3, -0.25) is 4.79 Å². The minimum Gasteiger partial charge on any atom is -0.381 e. The number of carbonyl (C=O) groups is 1. The van der Waals surface area contributed by atoms with Crippen molar-refractivity contribution >= 4 is 34.2 Å². The SMILES string of the molecule is CCCOCCCn1c(-c2ccc(NC(=O)C(F)(F)F)cc2)c(C#N)c2ncnc(Cl)c21. The van der Waals surface area contributed by atoms with E-state index in [9.17, 15) is 23.2 Å². The topological polar surface area (TPSA) is 92.8 Å². The van der Waals surface area contributed by atoms with Gasteiger partial charge >= 0.3 is 12.1 Å². The monoisotopic (exact) mass is 465 g/mol. The molecule has 0 saturated heterocycles. The minimum atomic E-state index is -4.99. The van der Waals surface area contributed by atoms with Gasteiger partial charge in [-0.25, -0.2) is 9.97 Å². The van der Waals surface area contributed by atoms with Gasteiger partial charge in [0.2, 0.25) is 0 Å². The Hall–Kier alpha value is -3.16. The molecule has 0 fully saturated rings. The highest BCUT2D eigenvalue weighted by Crippen LogP contribution is 2.35. The van der Waals surface area contributed by atoms with E-state index in [1.165, 1.54) is 30.6 Å². The van der Waals surface area contributed by atoms with Gasteiger partial charge in [0.25, 0.3) is 0 Å². The van der Waals surface area contributed by atoms with Crippen molar-refractivity contribution in [1.29, 1.82) is 5.26 Å². The molecular weight excluding hydrogens is 447 g/mol. The molecule has 11 heteroatoms. The van der Waals surface area contributed by atoms with Crippen LogP contribution in [0.15, 0.2) is 30.6 Å². The predicted octanol–water partition coefficient (Wildman–Crippen LogP) is 4.94. The number of alkyl halides is 3. The van der Waals surface area contributed by atoms with E-state index in [4.69, 9.17) is 16.3 Å². The highest BCUT2D eigenvalue weighted by molar-refractivity contribution is 6.34. The second kappa shape index (κ2) is 9.97. The molecule has 2 aromatic heterocycles. The molecule has 1 N–H and O–H groups in total. The van der Waals surface area contributed by atoms with Crippen molar-refractivity contribution in [3.63, 3.8) is 0 Å². The number of amides is 1. The minimum absolute atomic E-state index is 0.0250. The van der Waals surface area contributed by atoms with Crippen LogP contribution in [0.5, 0.6) is 0 Å². The predicted molar refractivity (Wildman–Crippen MR) is 113 cm³/mol. The van der Waals surface area contributed by atoms with E-state index in [2.05, 4.69) is 16.0 Å². The summed E-state index contributed by atoms with van der Waals surface area (Å²) in [6, 6.07) is 7.85. The molecule has 2 heterocycles. The van der Waals surface area contributed by atoms with Crippen molar-refractivity contribution in [3.8, 4) is 17.3 Å². The van der Waals surface area contributed by atoms with E-state index in [1.807, 2.05) is 11.5 Å². The summed E-state index contributed by atoms with van der Waals surface area (Å²) in [5.41, 5.74) is 2.18. The Balaban J connectivity index is 2.01. The maximum absolute atomic E-state index is 12.5. The number of hydrogen-bond donors (Lipinski definition) is 1. The van der Waals surface area contributed by atoms with E-state index in [0.717, 1.165) is 6.42 Å². The zero-order chi connectivity index (χ0) is 23.3. The quantitative estimate of drug-likeness (QED) is 0.375. The molecule has 0 aliphatic rings. The Morgan fingerprint density at radius 2 is 1.97 bits per heavy atom. The number of fused-ring (bicyclic) bond motifs is 1. The molecule has 0 saturated carbocycles. The molecule has 0 spiro atoms. The van der Waals surface area contributed by atoms with Gasteiger partial charge in [-0.2, -0.15) is 18.4 Å². The summed E-state index contributed by atoms with van der Waals surface area (Å²) in [5.74, 6) is -2.06. The summed E-state index contributed by atoms with van der Waals surface area (Å²) in [5, 5.41) is 11.8. The molecule has 0 aliphatic heterocycles. The van der Waals surface area contributed by atoms with Gasteiger partial charge in [0, 0.05) is 25.4 Å². The van der Waals surface area contributed by atoms with Crippen LogP contribution in [-0.4, -0.2) is 39.8 Å². The first kappa shape index (κ1) is 23.5. The fourth-order valence-corrected chi connectivity index (χ4v) is 3.49. The lowest BCUT2D eigenvalue weighted by Crippen LogP contribution is -2.29. The molecule has 1 amide bonds. The zero-order valence-corrected chi connectivity index (χ0v) is 17.8. The highest BCUT2D eigenvalue weighted by Gasteiger charge is 2.38. The van der Waals surface area contributed by atoms with Gasteiger partial charge < -0.3 is 14.6 Å². The number of ether oxygens (including phenoxy) is 1. The smallest absolute Gasteiger partial charge is 0.381 e.